The fraction of sp³-hybridized carbons (Fsp3) is 0.188. The number of hydrogen-bond donors (Lipinski definition) is 1. The third kappa shape index (κ3) is 4.53. The van der Waals surface area contributed by atoms with Crippen molar-refractivity contribution in [1.29, 1.82) is 5.26 Å². The van der Waals surface area contributed by atoms with E-state index in [2.05, 4.69) is 0 Å². The third-order valence-electron chi connectivity index (χ3n) is 3.06. The number of nitrogens with two attached hydrogens (primary N) is 1. The normalized spacial score (nSPS) is 11.3. The van der Waals surface area contributed by atoms with Gasteiger partial charge in [0.1, 0.15) is 11.5 Å². The molecule has 0 amide bonds. The molecule has 0 saturated heterocycles. The molecule has 0 bridgehead atoms. The molecule has 2 aromatic carbocycles. The van der Waals surface area contributed by atoms with E-state index in [1.807, 2.05) is 25.1 Å². The lowest BCUT2D eigenvalue weighted by Crippen LogP contribution is -2.15. The first-order valence-corrected chi connectivity index (χ1v) is 8.32. The van der Waals surface area contributed by atoms with Crippen LogP contribution in [0.4, 0.5) is 0 Å². The van der Waals surface area contributed by atoms with Crippen LogP contribution in [-0.2, 0) is 16.6 Å². The van der Waals surface area contributed by atoms with Gasteiger partial charge >= 0.3 is 0 Å². The lowest BCUT2D eigenvalue weighted by Gasteiger charge is -2.16. The Hall–Kier alpha value is -2.40. The van der Waals surface area contributed by atoms with Crippen LogP contribution in [0.3, 0.4) is 0 Å². The van der Waals surface area contributed by atoms with E-state index >= 15 is 0 Å². The molecular formula is C16H17N3O3S. The minimum absolute atomic E-state index is 0.0431. The Kier molecular flexibility index (Phi) is 5.01. The van der Waals surface area contributed by atoms with Gasteiger partial charge < -0.3 is 9.64 Å². The molecule has 0 atom stereocenters. The van der Waals surface area contributed by atoms with Gasteiger partial charge in [0.05, 0.1) is 16.5 Å². The van der Waals surface area contributed by atoms with Gasteiger partial charge in [-0.1, -0.05) is 0 Å². The van der Waals surface area contributed by atoms with Crippen LogP contribution in [0, 0.1) is 11.3 Å². The second kappa shape index (κ2) is 6.79. The molecule has 0 fully saturated rings. The largest absolute Gasteiger partial charge is 0.457 e. The lowest BCUT2D eigenvalue weighted by atomic mass is 10.2. The number of benzene rings is 2. The summed E-state index contributed by atoms with van der Waals surface area (Å²) in [6.45, 7) is 0.495. The summed E-state index contributed by atoms with van der Waals surface area (Å²) >= 11 is 0. The zero-order valence-corrected chi connectivity index (χ0v) is 13.7. The van der Waals surface area contributed by atoms with Crippen molar-refractivity contribution < 1.29 is 13.2 Å². The molecule has 0 aliphatic carbocycles. The summed E-state index contributed by atoms with van der Waals surface area (Å²) in [5, 5.41) is 14.0. The zero-order valence-electron chi connectivity index (χ0n) is 12.9. The molecule has 0 spiro atoms. The number of hydrogen-bond acceptors (Lipinski definition) is 5. The summed E-state index contributed by atoms with van der Waals surface area (Å²) in [7, 11) is -0.0296. The van der Waals surface area contributed by atoms with Gasteiger partial charge in [0.2, 0.25) is 10.0 Å². The molecule has 2 N–H and O–H groups in total. The van der Waals surface area contributed by atoms with Crippen LogP contribution in [0.1, 0.15) is 11.1 Å². The smallest absolute Gasteiger partial charge is 0.238 e. The Labute approximate surface area is 135 Å². The Morgan fingerprint density at radius 1 is 1.17 bits per heavy atom. The van der Waals surface area contributed by atoms with E-state index in [9.17, 15) is 8.42 Å². The van der Waals surface area contributed by atoms with E-state index < -0.39 is 10.0 Å². The van der Waals surface area contributed by atoms with Gasteiger partial charge in [-0.2, -0.15) is 5.26 Å². The van der Waals surface area contributed by atoms with Gasteiger partial charge in [-0.3, -0.25) is 0 Å². The fourth-order valence-corrected chi connectivity index (χ4v) is 2.59. The average Bonchev–Trinajstić information content (AvgIpc) is 2.48. The average molecular weight is 331 g/mol. The van der Waals surface area contributed by atoms with E-state index in [1.54, 1.807) is 30.3 Å². The van der Waals surface area contributed by atoms with Crippen LogP contribution in [0.5, 0.6) is 11.5 Å². The Morgan fingerprint density at radius 2 is 1.83 bits per heavy atom. The maximum atomic E-state index is 11.5. The van der Waals surface area contributed by atoms with Crippen LogP contribution in [0.25, 0.3) is 0 Å². The Morgan fingerprint density at radius 3 is 2.35 bits per heavy atom. The molecule has 2 aromatic rings. The Bertz CT molecular complexity index is 838. The number of rotatable bonds is 5. The second-order valence-electron chi connectivity index (χ2n) is 5.29. The predicted molar refractivity (Wildman–Crippen MR) is 86.4 cm³/mol. The van der Waals surface area contributed by atoms with Crippen LogP contribution < -0.4 is 9.88 Å². The predicted octanol–water partition coefficient (Wildman–Crippen LogP) is 2.06. The molecule has 2 rings (SSSR count). The maximum absolute atomic E-state index is 11.5. The third-order valence-corrected chi connectivity index (χ3v) is 3.97. The number of primary sulfonamides is 1. The first-order valence-electron chi connectivity index (χ1n) is 6.78. The van der Waals surface area contributed by atoms with E-state index in [1.165, 1.54) is 12.1 Å². The molecule has 6 nitrogen and oxygen atoms in total. The zero-order chi connectivity index (χ0) is 17.0. The number of sulfonamides is 1. The number of ether oxygens (including phenoxy) is 1. The van der Waals surface area contributed by atoms with Crippen LogP contribution in [0.15, 0.2) is 47.4 Å². The highest BCUT2D eigenvalue weighted by Crippen LogP contribution is 2.28. The summed E-state index contributed by atoms with van der Waals surface area (Å²) in [6, 6.07) is 13.2. The maximum Gasteiger partial charge on any atom is 0.238 e. The molecule has 0 unspecified atom stereocenters. The molecule has 7 heteroatoms. The van der Waals surface area contributed by atoms with Gasteiger partial charge in [-0.15, -0.1) is 0 Å². The highest BCUT2D eigenvalue weighted by molar-refractivity contribution is 7.89. The van der Waals surface area contributed by atoms with Crippen molar-refractivity contribution in [3.63, 3.8) is 0 Å². The van der Waals surface area contributed by atoms with Gasteiger partial charge in [0, 0.05) is 12.1 Å². The Balaban J connectivity index is 2.38. The lowest BCUT2D eigenvalue weighted by molar-refractivity contribution is 0.388. The quantitative estimate of drug-likeness (QED) is 0.904. The summed E-state index contributed by atoms with van der Waals surface area (Å²) in [4.78, 5) is 1.94. The van der Waals surface area contributed by atoms with Crippen molar-refractivity contribution >= 4 is 10.0 Å². The van der Waals surface area contributed by atoms with E-state index in [0.29, 0.717) is 29.2 Å². The SMILES string of the molecule is CN(C)Cc1cc(S(N)(=O)=O)ccc1Oc1ccc(C#N)cc1. The van der Waals surface area contributed by atoms with Gasteiger partial charge in [0.15, 0.2) is 0 Å². The van der Waals surface area contributed by atoms with Crippen molar-refractivity contribution in [2.24, 2.45) is 5.14 Å². The standard InChI is InChI=1S/C16H17N3O3S/c1-19(2)11-13-9-15(23(18,20)21)7-8-16(13)22-14-5-3-12(10-17)4-6-14/h3-9H,11H2,1-2H3,(H2,18,20,21). The summed E-state index contributed by atoms with van der Waals surface area (Å²) in [5.41, 5.74) is 1.24. The topological polar surface area (TPSA) is 96.4 Å². The highest BCUT2D eigenvalue weighted by atomic mass is 32.2. The van der Waals surface area contributed by atoms with Gasteiger partial charge in [-0.05, 0) is 56.6 Å². The van der Waals surface area contributed by atoms with E-state index in [-0.39, 0.29) is 4.90 Å². The molecule has 0 aliphatic heterocycles. The molecular weight excluding hydrogens is 314 g/mol. The van der Waals surface area contributed by atoms with Crippen molar-refractivity contribution in [1.82, 2.24) is 4.90 Å². The molecule has 120 valence electrons. The van der Waals surface area contributed by atoms with Gasteiger partial charge in [0.25, 0.3) is 0 Å². The number of nitrogens with zero attached hydrogens (tertiary/aromatic N) is 2. The summed E-state index contributed by atoms with van der Waals surface area (Å²) in [5.74, 6) is 1.10. The van der Waals surface area contributed by atoms with Crippen molar-refractivity contribution in [3.8, 4) is 17.6 Å². The van der Waals surface area contributed by atoms with Crippen molar-refractivity contribution in [2.75, 3.05) is 14.1 Å². The molecule has 0 saturated carbocycles. The summed E-state index contributed by atoms with van der Waals surface area (Å²) in [6.07, 6.45) is 0. The van der Waals surface area contributed by atoms with Crippen LogP contribution in [0.2, 0.25) is 0 Å². The highest BCUT2D eigenvalue weighted by Gasteiger charge is 2.13. The van der Waals surface area contributed by atoms with E-state index in [4.69, 9.17) is 15.1 Å². The molecule has 0 aromatic heterocycles. The van der Waals surface area contributed by atoms with Crippen LogP contribution in [-0.4, -0.2) is 27.4 Å². The minimum Gasteiger partial charge on any atom is -0.457 e. The van der Waals surface area contributed by atoms with E-state index in [0.717, 1.165) is 0 Å². The van der Waals surface area contributed by atoms with Crippen molar-refractivity contribution in [2.45, 2.75) is 11.4 Å². The molecule has 0 radical (unpaired) electrons. The molecule has 0 aliphatic rings. The monoisotopic (exact) mass is 331 g/mol. The molecule has 23 heavy (non-hydrogen) atoms. The molecule has 0 heterocycles. The number of nitriles is 1. The van der Waals surface area contributed by atoms with Crippen LogP contribution >= 0.6 is 0 Å². The fourth-order valence-electron chi connectivity index (χ4n) is 2.02. The van der Waals surface area contributed by atoms with Crippen molar-refractivity contribution in [3.05, 3.63) is 53.6 Å². The minimum atomic E-state index is -3.77. The first kappa shape index (κ1) is 17.0. The van der Waals surface area contributed by atoms with Gasteiger partial charge in [-0.25, -0.2) is 13.6 Å². The second-order valence-corrected chi connectivity index (χ2v) is 6.85. The summed E-state index contributed by atoms with van der Waals surface area (Å²) < 4.78 is 28.8. The first-order chi connectivity index (χ1) is 10.8.